The molecule has 0 radical (unpaired) electrons. The normalized spacial score (nSPS) is 15.9. The van der Waals surface area contributed by atoms with Gasteiger partial charge in [0.2, 0.25) is 11.8 Å². The van der Waals surface area contributed by atoms with Crippen molar-refractivity contribution < 1.29 is 14.6 Å². The molecule has 1 unspecified atom stereocenters. The van der Waals surface area contributed by atoms with Crippen molar-refractivity contribution in [1.29, 1.82) is 0 Å². The van der Waals surface area contributed by atoms with Gasteiger partial charge in [0.15, 0.2) is 0 Å². The molecule has 1 aromatic carbocycles. The van der Waals surface area contributed by atoms with Crippen LogP contribution in [-0.4, -0.2) is 38.4 Å². The van der Waals surface area contributed by atoms with Crippen molar-refractivity contribution >= 4 is 11.6 Å². The topological polar surface area (TPSA) is 117 Å². The van der Waals surface area contributed by atoms with Gasteiger partial charge in [-0.1, -0.05) is 25.1 Å². The number of H-pyrrole nitrogens is 1. The summed E-state index contributed by atoms with van der Waals surface area (Å²) in [7, 11) is 1.56. The third-order valence-corrected chi connectivity index (χ3v) is 4.74. The fourth-order valence-electron chi connectivity index (χ4n) is 3.26. The van der Waals surface area contributed by atoms with E-state index in [1.54, 1.807) is 26.2 Å². The molecule has 9 nitrogen and oxygen atoms in total. The SMILES string of the molecule is C=CCn1c(O)c(C2=NN(C(=O)CC)C(c3ccc(OC)cc3)C2)c(=O)[nH]c1=O. The van der Waals surface area contributed by atoms with E-state index >= 15 is 0 Å². The van der Waals surface area contributed by atoms with E-state index in [0.717, 1.165) is 10.1 Å². The summed E-state index contributed by atoms with van der Waals surface area (Å²) < 4.78 is 6.15. The molecule has 152 valence electrons. The van der Waals surface area contributed by atoms with E-state index in [-0.39, 0.29) is 36.6 Å². The Morgan fingerprint density at radius 3 is 2.66 bits per heavy atom. The molecular formula is C20H22N4O5. The van der Waals surface area contributed by atoms with Gasteiger partial charge in [-0.15, -0.1) is 6.58 Å². The van der Waals surface area contributed by atoms with Crippen molar-refractivity contribution in [3.8, 4) is 11.6 Å². The van der Waals surface area contributed by atoms with Gasteiger partial charge < -0.3 is 9.84 Å². The molecule has 1 amide bonds. The van der Waals surface area contributed by atoms with Gasteiger partial charge in [0, 0.05) is 19.4 Å². The summed E-state index contributed by atoms with van der Waals surface area (Å²) in [6.07, 6.45) is 1.86. The second kappa shape index (κ2) is 8.17. The van der Waals surface area contributed by atoms with Crippen LogP contribution in [0.25, 0.3) is 0 Å². The van der Waals surface area contributed by atoms with Gasteiger partial charge in [0.25, 0.3) is 5.56 Å². The lowest BCUT2D eigenvalue weighted by atomic mass is 9.99. The fourth-order valence-corrected chi connectivity index (χ4v) is 3.26. The zero-order valence-electron chi connectivity index (χ0n) is 16.2. The van der Waals surface area contributed by atoms with Crippen molar-refractivity contribution in [3.63, 3.8) is 0 Å². The number of aromatic nitrogens is 2. The molecule has 1 aliphatic rings. The first-order chi connectivity index (χ1) is 13.9. The number of rotatable bonds is 6. The highest BCUT2D eigenvalue weighted by Gasteiger charge is 2.35. The average molecular weight is 398 g/mol. The number of hydrogen-bond acceptors (Lipinski definition) is 6. The number of hydrazone groups is 1. The van der Waals surface area contributed by atoms with Crippen molar-refractivity contribution in [1.82, 2.24) is 14.6 Å². The van der Waals surface area contributed by atoms with Crippen LogP contribution in [0.15, 0.2) is 51.6 Å². The lowest BCUT2D eigenvalue weighted by Gasteiger charge is -2.21. The lowest BCUT2D eigenvalue weighted by Crippen LogP contribution is -2.33. The summed E-state index contributed by atoms with van der Waals surface area (Å²) in [5, 5.41) is 16.2. The van der Waals surface area contributed by atoms with Gasteiger partial charge in [-0.05, 0) is 17.7 Å². The number of benzene rings is 1. The summed E-state index contributed by atoms with van der Waals surface area (Å²) in [5.74, 6) is -0.0559. The van der Waals surface area contributed by atoms with Crippen molar-refractivity contribution in [2.75, 3.05) is 7.11 Å². The minimum absolute atomic E-state index is 0.0151. The van der Waals surface area contributed by atoms with Crippen LogP contribution < -0.4 is 16.0 Å². The van der Waals surface area contributed by atoms with Crippen LogP contribution in [0.1, 0.15) is 36.9 Å². The smallest absolute Gasteiger partial charge is 0.331 e. The Kier molecular flexibility index (Phi) is 5.67. The Morgan fingerprint density at radius 1 is 1.38 bits per heavy atom. The zero-order chi connectivity index (χ0) is 21.1. The Labute approximate surface area is 166 Å². The number of carbonyl (C=O) groups excluding carboxylic acids is 1. The van der Waals surface area contributed by atoms with E-state index in [4.69, 9.17) is 4.74 Å². The number of ether oxygens (including phenoxy) is 1. The van der Waals surface area contributed by atoms with Crippen LogP contribution in [0.5, 0.6) is 11.6 Å². The quantitative estimate of drug-likeness (QED) is 0.716. The molecule has 0 aliphatic carbocycles. The Morgan fingerprint density at radius 2 is 2.07 bits per heavy atom. The lowest BCUT2D eigenvalue weighted by molar-refractivity contribution is -0.132. The molecule has 2 N–H and O–H groups in total. The van der Waals surface area contributed by atoms with E-state index in [9.17, 15) is 19.5 Å². The summed E-state index contributed by atoms with van der Waals surface area (Å²) >= 11 is 0. The molecule has 2 heterocycles. The number of methoxy groups -OCH3 is 1. The Balaban J connectivity index is 2.08. The van der Waals surface area contributed by atoms with Crippen LogP contribution in [0.3, 0.4) is 0 Å². The molecule has 9 heteroatoms. The van der Waals surface area contributed by atoms with Gasteiger partial charge in [-0.2, -0.15) is 5.10 Å². The van der Waals surface area contributed by atoms with Gasteiger partial charge in [0.05, 0.1) is 18.9 Å². The van der Waals surface area contributed by atoms with Crippen molar-refractivity contribution in [3.05, 3.63) is 68.9 Å². The monoisotopic (exact) mass is 398 g/mol. The number of nitrogens with one attached hydrogen (secondary N) is 1. The Hall–Kier alpha value is -3.62. The minimum atomic E-state index is -0.758. The van der Waals surface area contributed by atoms with E-state index in [0.29, 0.717) is 5.75 Å². The maximum atomic E-state index is 12.5. The average Bonchev–Trinajstić information content (AvgIpc) is 3.15. The molecular weight excluding hydrogens is 376 g/mol. The highest BCUT2D eigenvalue weighted by molar-refractivity contribution is 6.04. The zero-order valence-corrected chi connectivity index (χ0v) is 16.2. The number of aromatic amines is 1. The second-order valence-corrected chi connectivity index (χ2v) is 6.49. The number of nitrogens with zero attached hydrogens (tertiary/aromatic N) is 3. The highest BCUT2D eigenvalue weighted by atomic mass is 16.5. The predicted octanol–water partition coefficient (Wildman–Crippen LogP) is 1.52. The van der Waals surface area contributed by atoms with Gasteiger partial charge >= 0.3 is 5.69 Å². The van der Waals surface area contributed by atoms with E-state index in [2.05, 4.69) is 16.7 Å². The number of allylic oxidation sites excluding steroid dienone is 1. The summed E-state index contributed by atoms with van der Waals surface area (Å²) in [6.45, 7) is 5.28. The Bertz CT molecular complexity index is 1080. The maximum absolute atomic E-state index is 12.5. The van der Waals surface area contributed by atoms with Gasteiger partial charge in [0.1, 0.15) is 11.3 Å². The first-order valence-electron chi connectivity index (χ1n) is 9.12. The number of amides is 1. The molecule has 1 atom stereocenters. The third-order valence-electron chi connectivity index (χ3n) is 4.74. The largest absolute Gasteiger partial charge is 0.497 e. The minimum Gasteiger partial charge on any atom is -0.497 e. The molecule has 1 aliphatic heterocycles. The predicted molar refractivity (Wildman–Crippen MR) is 107 cm³/mol. The molecule has 0 saturated carbocycles. The van der Waals surface area contributed by atoms with E-state index in [1.165, 1.54) is 11.1 Å². The molecule has 29 heavy (non-hydrogen) atoms. The van der Waals surface area contributed by atoms with Crippen LogP contribution in [-0.2, 0) is 11.3 Å². The summed E-state index contributed by atoms with van der Waals surface area (Å²) in [6, 6.07) is 6.75. The molecule has 0 saturated heterocycles. The number of carbonyl (C=O) groups is 1. The molecule has 0 bridgehead atoms. The first kappa shape index (κ1) is 20.1. The molecule has 1 aromatic heterocycles. The highest BCUT2D eigenvalue weighted by Crippen LogP contribution is 2.34. The van der Waals surface area contributed by atoms with Crippen molar-refractivity contribution in [2.45, 2.75) is 32.4 Å². The third kappa shape index (κ3) is 3.71. The van der Waals surface area contributed by atoms with Crippen LogP contribution in [0, 0.1) is 0 Å². The second-order valence-electron chi connectivity index (χ2n) is 6.49. The summed E-state index contributed by atoms with van der Waals surface area (Å²) in [5.41, 5.74) is -0.601. The van der Waals surface area contributed by atoms with Crippen LogP contribution >= 0.6 is 0 Å². The maximum Gasteiger partial charge on any atom is 0.331 e. The van der Waals surface area contributed by atoms with Crippen LogP contribution in [0.2, 0.25) is 0 Å². The summed E-state index contributed by atoms with van der Waals surface area (Å²) in [4.78, 5) is 39.0. The standard InChI is InChI=1S/C20H22N4O5/c1-4-10-23-19(27)17(18(26)21-20(23)28)14-11-15(24(22-14)16(25)5-2)12-6-8-13(29-3)9-7-12/h4,6-9,15,27H,1,5,10-11H2,2-3H3,(H,21,26,28). The van der Waals surface area contributed by atoms with Gasteiger partial charge in [-0.25, -0.2) is 9.80 Å². The van der Waals surface area contributed by atoms with E-state index < -0.39 is 23.2 Å². The molecule has 0 fully saturated rings. The van der Waals surface area contributed by atoms with Crippen molar-refractivity contribution in [2.24, 2.45) is 5.10 Å². The van der Waals surface area contributed by atoms with Gasteiger partial charge in [-0.3, -0.25) is 19.1 Å². The molecule has 2 aromatic rings. The molecule has 0 spiro atoms. The molecule has 3 rings (SSSR count). The van der Waals surface area contributed by atoms with E-state index in [1.807, 2.05) is 12.1 Å². The fraction of sp³-hybridized carbons (Fsp3) is 0.300. The first-order valence-corrected chi connectivity index (χ1v) is 9.12. The van der Waals surface area contributed by atoms with Crippen LogP contribution in [0.4, 0.5) is 0 Å². The number of hydrogen-bond donors (Lipinski definition) is 2. The number of aromatic hydroxyl groups is 1.